The van der Waals surface area contributed by atoms with Gasteiger partial charge in [0, 0.05) is 47.8 Å². The molecule has 16 heteroatoms. The minimum absolute atomic E-state index is 0.0512. The Kier molecular flexibility index (Phi) is 15.5. The molecule has 2 amide bonds. The second-order valence-electron chi connectivity index (χ2n) is 15.5. The molecule has 2 aromatic carbocycles. The number of hydrogen-bond acceptors (Lipinski definition) is 10. The summed E-state index contributed by atoms with van der Waals surface area (Å²) in [6, 6.07) is 18.4. The highest BCUT2D eigenvalue weighted by molar-refractivity contribution is 5.85. The van der Waals surface area contributed by atoms with Crippen LogP contribution in [0.15, 0.2) is 96.2 Å². The van der Waals surface area contributed by atoms with E-state index in [0.717, 1.165) is 11.1 Å². The van der Waals surface area contributed by atoms with Gasteiger partial charge >= 0.3 is 24.1 Å². The normalized spacial score (nSPS) is 21.5. The molecule has 0 saturated carbocycles. The van der Waals surface area contributed by atoms with E-state index in [1.54, 1.807) is 53.7 Å². The van der Waals surface area contributed by atoms with Gasteiger partial charge in [-0.15, -0.1) is 13.2 Å². The summed E-state index contributed by atoms with van der Waals surface area (Å²) in [4.78, 5) is 59.5. The lowest BCUT2D eigenvalue weighted by Gasteiger charge is -2.27. The maximum Gasteiger partial charge on any atom is 0.410 e. The van der Waals surface area contributed by atoms with Crippen molar-refractivity contribution in [1.29, 1.82) is 0 Å². The van der Waals surface area contributed by atoms with Crippen LogP contribution in [-0.2, 0) is 41.8 Å². The first kappa shape index (κ1) is 44.4. The van der Waals surface area contributed by atoms with Crippen LogP contribution in [-0.4, -0.2) is 82.4 Å². The molecule has 0 unspecified atom stereocenters. The van der Waals surface area contributed by atoms with E-state index in [-0.39, 0.29) is 39.4 Å². The average molecular weight is 773 g/mol. The Morgan fingerprint density at radius 3 is 1.32 bits per heavy atom. The molecule has 2 heterocycles. The van der Waals surface area contributed by atoms with E-state index in [0.29, 0.717) is 12.8 Å². The summed E-state index contributed by atoms with van der Waals surface area (Å²) in [6.07, 6.45) is 2.92. The van der Waals surface area contributed by atoms with Gasteiger partial charge < -0.3 is 28.7 Å². The Morgan fingerprint density at radius 1 is 0.696 bits per heavy atom. The number of rotatable bonds is 12. The predicted octanol–water partition coefficient (Wildman–Crippen LogP) is 8.44. The van der Waals surface area contributed by atoms with Crippen LogP contribution < -0.4 is 0 Å². The van der Waals surface area contributed by atoms with Crippen molar-refractivity contribution in [2.24, 2.45) is 22.1 Å². The van der Waals surface area contributed by atoms with Crippen LogP contribution in [0.4, 0.5) is 9.59 Å². The highest BCUT2D eigenvalue weighted by atomic mass is 16.6. The topological polar surface area (TPSA) is 209 Å². The van der Waals surface area contributed by atoms with Gasteiger partial charge in [-0.25, -0.2) is 9.59 Å². The van der Waals surface area contributed by atoms with Gasteiger partial charge in [-0.3, -0.25) is 9.59 Å². The Balaban J connectivity index is 0.000000300. The zero-order valence-electron chi connectivity index (χ0n) is 33.0. The van der Waals surface area contributed by atoms with Crippen molar-refractivity contribution in [3.05, 3.63) is 118 Å². The number of allylic oxidation sites excluding steroid dienone is 2. The number of nitrogens with zero attached hydrogens (tertiary/aromatic N) is 8. The summed E-state index contributed by atoms with van der Waals surface area (Å²) in [5.41, 5.74) is 15.5. The van der Waals surface area contributed by atoms with E-state index in [2.05, 4.69) is 33.2 Å². The SMILES string of the molecule is C=CC[C@H]1CN(C(=O)OC(C)(C)C)C[C@@]1(N=[N+]=[N-])C(=O)OCc1ccccc1.C=CC[C@H]1CN(C(=O)OC(C)(C)C)C[C@@]1(N=[N+]=[N-])C(=O)OCc1ccccc1. The molecule has 4 atom stereocenters. The summed E-state index contributed by atoms with van der Waals surface area (Å²) < 4.78 is 21.7. The fourth-order valence-corrected chi connectivity index (χ4v) is 6.30. The lowest BCUT2D eigenvalue weighted by Crippen LogP contribution is -2.46. The molecule has 300 valence electrons. The number of esters is 2. The first-order valence-electron chi connectivity index (χ1n) is 18.2. The first-order valence-corrected chi connectivity index (χ1v) is 18.2. The van der Waals surface area contributed by atoms with Crippen molar-refractivity contribution in [3.63, 3.8) is 0 Å². The fraction of sp³-hybridized carbons (Fsp3) is 0.500. The molecule has 4 rings (SSSR count). The third-order valence-electron chi connectivity index (χ3n) is 8.88. The maximum absolute atomic E-state index is 13.0. The molecule has 56 heavy (non-hydrogen) atoms. The number of azide groups is 2. The molecule has 2 aromatic rings. The Labute approximate surface area is 327 Å². The van der Waals surface area contributed by atoms with Gasteiger partial charge in [0.1, 0.15) is 24.4 Å². The predicted molar refractivity (Wildman–Crippen MR) is 208 cm³/mol. The lowest BCUT2D eigenvalue weighted by atomic mass is 9.85. The Bertz CT molecular complexity index is 1670. The van der Waals surface area contributed by atoms with Crippen LogP contribution in [0.3, 0.4) is 0 Å². The van der Waals surface area contributed by atoms with Crippen LogP contribution in [0, 0.1) is 11.8 Å². The second kappa shape index (κ2) is 19.6. The van der Waals surface area contributed by atoms with Gasteiger partial charge in [-0.2, -0.15) is 0 Å². The van der Waals surface area contributed by atoms with Crippen molar-refractivity contribution in [2.45, 2.75) is 89.9 Å². The molecular formula is C40H52N8O8. The van der Waals surface area contributed by atoms with Crippen molar-refractivity contribution < 1.29 is 38.1 Å². The largest absolute Gasteiger partial charge is 0.460 e. The molecule has 0 N–H and O–H groups in total. The molecule has 2 aliphatic heterocycles. The summed E-state index contributed by atoms with van der Waals surface area (Å²) in [5, 5.41) is 7.61. The van der Waals surface area contributed by atoms with Gasteiger partial charge in [0.25, 0.3) is 0 Å². The molecule has 2 saturated heterocycles. The number of carbonyl (C=O) groups excluding carboxylic acids is 4. The number of hydrogen-bond donors (Lipinski definition) is 0. The highest BCUT2D eigenvalue weighted by Gasteiger charge is 2.55. The summed E-state index contributed by atoms with van der Waals surface area (Å²) >= 11 is 0. The number of likely N-dealkylation sites (tertiary alicyclic amines) is 2. The summed E-state index contributed by atoms with van der Waals surface area (Å²) in [6.45, 7) is 18.3. The molecule has 0 aliphatic carbocycles. The number of amides is 2. The molecule has 16 nitrogen and oxygen atoms in total. The Morgan fingerprint density at radius 2 is 1.04 bits per heavy atom. The Hall–Kier alpha value is -5.98. The summed E-state index contributed by atoms with van der Waals surface area (Å²) in [5.74, 6) is -2.22. The average Bonchev–Trinajstić information content (AvgIpc) is 3.70. The van der Waals surface area contributed by atoms with Crippen LogP contribution in [0.2, 0.25) is 0 Å². The smallest absolute Gasteiger partial charge is 0.410 e. The zero-order chi connectivity index (χ0) is 41.6. The minimum Gasteiger partial charge on any atom is -0.460 e. The van der Waals surface area contributed by atoms with E-state index < -0.39 is 58.2 Å². The molecule has 0 spiro atoms. The molecule has 2 aliphatic rings. The minimum atomic E-state index is -1.52. The monoisotopic (exact) mass is 772 g/mol. The lowest BCUT2D eigenvalue weighted by molar-refractivity contribution is -0.153. The van der Waals surface area contributed by atoms with E-state index in [1.807, 2.05) is 60.7 Å². The van der Waals surface area contributed by atoms with E-state index >= 15 is 0 Å². The van der Waals surface area contributed by atoms with E-state index in [1.165, 1.54) is 9.80 Å². The van der Waals surface area contributed by atoms with Crippen molar-refractivity contribution >= 4 is 24.1 Å². The van der Waals surface area contributed by atoms with Gasteiger partial charge in [-0.05, 0) is 76.6 Å². The first-order chi connectivity index (χ1) is 26.4. The number of carbonyl (C=O) groups is 4. The van der Waals surface area contributed by atoms with Crippen LogP contribution in [0.5, 0.6) is 0 Å². The van der Waals surface area contributed by atoms with Crippen molar-refractivity contribution in [2.75, 3.05) is 26.2 Å². The van der Waals surface area contributed by atoms with Crippen LogP contribution in [0.1, 0.15) is 65.5 Å². The van der Waals surface area contributed by atoms with E-state index in [4.69, 9.17) is 30.0 Å². The summed E-state index contributed by atoms with van der Waals surface area (Å²) in [7, 11) is 0. The van der Waals surface area contributed by atoms with Crippen molar-refractivity contribution in [3.8, 4) is 0 Å². The third-order valence-corrected chi connectivity index (χ3v) is 8.88. The van der Waals surface area contributed by atoms with Gasteiger partial charge in [0.15, 0.2) is 11.1 Å². The molecule has 2 fully saturated rings. The van der Waals surface area contributed by atoms with Crippen molar-refractivity contribution in [1.82, 2.24) is 9.80 Å². The highest BCUT2D eigenvalue weighted by Crippen LogP contribution is 2.38. The van der Waals surface area contributed by atoms with Gasteiger partial charge in [-0.1, -0.05) is 83.0 Å². The molecule has 0 radical (unpaired) electrons. The van der Waals surface area contributed by atoms with Crippen LogP contribution in [0.25, 0.3) is 20.9 Å². The zero-order valence-corrected chi connectivity index (χ0v) is 33.0. The number of ether oxygens (including phenoxy) is 4. The van der Waals surface area contributed by atoms with E-state index in [9.17, 15) is 19.2 Å². The van der Waals surface area contributed by atoms with Gasteiger partial charge in [0.05, 0.1) is 0 Å². The second-order valence-corrected chi connectivity index (χ2v) is 15.5. The third kappa shape index (κ3) is 12.0. The molecular weight excluding hydrogens is 720 g/mol. The quantitative estimate of drug-likeness (QED) is 0.0509. The van der Waals surface area contributed by atoms with Gasteiger partial charge in [0.2, 0.25) is 0 Å². The number of benzene rings is 2. The fourth-order valence-electron chi connectivity index (χ4n) is 6.30. The molecule has 0 aromatic heterocycles. The standard InChI is InChI=1S/2C20H26N4O4/c2*1-5-9-16-12-24(18(26)28-19(2,3)4)14-20(16,22-23-21)17(25)27-13-15-10-7-6-8-11-15/h2*5-8,10-11,16H,1,9,12-14H2,2-4H3/t2*16-,20-/m00/s1. The maximum atomic E-state index is 13.0. The molecule has 0 bridgehead atoms. The van der Waals surface area contributed by atoms with Crippen LogP contribution >= 0.6 is 0 Å².